The summed E-state index contributed by atoms with van der Waals surface area (Å²) in [6, 6.07) is 28.3. The molecular formula is C35H29Cl2N3O. The molecule has 1 aliphatic heterocycles. The zero-order valence-corrected chi connectivity index (χ0v) is 24.4. The van der Waals surface area contributed by atoms with Gasteiger partial charge in [-0.2, -0.15) is 5.10 Å². The molecule has 0 bridgehead atoms. The van der Waals surface area contributed by atoms with Gasteiger partial charge in [0.05, 0.1) is 28.3 Å². The van der Waals surface area contributed by atoms with Gasteiger partial charge in [-0.1, -0.05) is 104 Å². The fourth-order valence-electron chi connectivity index (χ4n) is 6.45. The highest BCUT2D eigenvalue weighted by molar-refractivity contribution is 6.42. The molecule has 1 aromatic heterocycles. The molecule has 1 unspecified atom stereocenters. The number of halogens is 2. The predicted octanol–water partition coefficient (Wildman–Crippen LogP) is 9.37. The van der Waals surface area contributed by atoms with Crippen LogP contribution in [0.4, 0.5) is 5.69 Å². The first-order valence-electron chi connectivity index (χ1n) is 13.9. The molecule has 0 amide bonds. The van der Waals surface area contributed by atoms with Gasteiger partial charge in [-0.25, -0.2) is 0 Å². The van der Waals surface area contributed by atoms with E-state index in [1.165, 1.54) is 10.8 Å². The number of hydrogen-bond donors (Lipinski definition) is 1. The standard InChI is InChI=1S/C35H29Cl2N3O/c1-35(2)17-25-31-24-11-7-6-8-22(24)13-15-29(31)38-34(32(25)30(41)18-35)26-20-40(19-21-12-14-27(36)28(37)16-21)39-33(26)23-9-4-3-5-10-23/h3-16,20,34,38H,17-19H2,1-2H3. The van der Waals surface area contributed by atoms with Crippen molar-refractivity contribution in [2.45, 2.75) is 39.3 Å². The van der Waals surface area contributed by atoms with Crippen LogP contribution in [-0.2, 0) is 11.3 Å². The molecule has 204 valence electrons. The highest BCUT2D eigenvalue weighted by Crippen LogP contribution is 2.52. The lowest BCUT2D eigenvalue weighted by Gasteiger charge is -2.40. The molecule has 0 fully saturated rings. The number of allylic oxidation sites excluding steroid dienone is 1. The Morgan fingerprint density at radius 1 is 0.927 bits per heavy atom. The number of hydrogen-bond acceptors (Lipinski definition) is 3. The summed E-state index contributed by atoms with van der Waals surface area (Å²) in [5, 5.41) is 12.3. The minimum absolute atomic E-state index is 0.119. The largest absolute Gasteiger partial charge is 0.373 e. The van der Waals surface area contributed by atoms with Crippen LogP contribution in [0.2, 0.25) is 10.0 Å². The number of Topliss-reactive ketones (excluding diaryl/α,β-unsaturated/α-hetero) is 1. The van der Waals surface area contributed by atoms with E-state index in [1.807, 2.05) is 41.1 Å². The molecule has 5 aromatic rings. The zero-order chi connectivity index (χ0) is 28.3. The maximum absolute atomic E-state index is 14.0. The third-order valence-electron chi connectivity index (χ3n) is 8.22. The minimum Gasteiger partial charge on any atom is -0.373 e. The number of benzene rings is 4. The summed E-state index contributed by atoms with van der Waals surface area (Å²) < 4.78 is 1.94. The smallest absolute Gasteiger partial charge is 0.162 e. The molecule has 1 aliphatic carbocycles. The monoisotopic (exact) mass is 577 g/mol. The van der Waals surface area contributed by atoms with Crippen LogP contribution < -0.4 is 5.32 Å². The SMILES string of the molecule is CC1(C)CC(=O)C2=C(C1)c1c(ccc3ccccc13)NC2c1cn(Cc2ccc(Cl)c(Cl)c2)nc1-c1ccccc1. The van der Waals surface area contributed by atoms with Crippen LogP contribution in [-0.4, -0.2) is 15.6 Å². The van der Waals surface area contributed by atoms with Crippen molar-refractivity contribution in [3.05, 3.63) is 123 Å². The number of nitrogens with zero attached hydrogens (tertiary/aromatic N) is 2. The van der Waals surface area contributed by atoms with Crippen LogP contribution in [0.15, 0.2) is 96.7 Å². The topological polar surface area (TPSA) is 46.9 Å². The van der Waals surface area contributed by atoms with Gasteiger partial charge in [-0.15, -0.1) is 0 Å². The molecule has 4 nitrogen and oxygen atoms in total. The van der Waals surface area contributed by atoms with Crippen molar-refractivity contribution in [1.82, 2.24) is 9.78 Å². The van der Waals surface area contributed by atoms with E-state index in [1.54, 1.807) is 0 Å². The first kappa shape index (κ1) is 26.1. The summed E-state index contributed by atoms with van der Waals surface area (Å²) >= 11 is 12.5. The number of carbonyl (C=O) groups excluding carboxylic acids is 1. The Hall–Kier alpha value is -3.86. The first-order valence-corrected chi connectivity index (χ1v) is 14.6. The summed E-state index contributed by atoms with van der Waals surface area (Å²) in [5.41, 5.74) is 7.94. The summed E-state index contributed by atoms with van der Waals surface area (Å²) in [6.45, 7) is 4.92. The number of aromatic nitrogens is 2. The molecule has 0 spiro atoms. The summed E-state index contributed by atoms with van der Waals surface area (Å²) in [6.07, 6.45) is 3.43. The van der Waals surface area contributed by atoms with E-state index in [0.717, 1.165) is 51.2 Å². The van der Waals surface area contributed by atoms with E-state index in [2.05, 4.69) is 73.9 Å². The van der Waals surface area contributed by atoms with Crippen molar-refractivity contribution in [3.8, 4) is 11.3 Å². The van der Waals surface area contributed by atoms with Crippen LogP contribution in [0.3, 0.4) is 0 Å². The van der Waals surface area contributed by atoms with Crippen molar-refractivity contribution in [1.29, 1.82) is 0 Å². The molecule has 2 aliphatic rings. The quantitative estimate of drug-likeness (QED) is 0.231. The summed E-state index contributed by atoms with van der Waals surface area (Å²) in [4.78, 5) is 14.0. The molecule has 1 N–H and O–H groups in total. The Labute approximate surface area is 249 Å². The van der Waals surface area contributed by atoms with Gasteiger partial charge in [0.15, 0.2) is 5.78 Å². The van der Waals surface area contributed by atoms with E-state index in [-0.39, 0.29) is 17.2 Å². The van der Waals surface area contributed by atoms with Crippen LogP contribution in [0, 0.1) is 5.41 Å². The molecule has 7 rings (SSSR count). The Bertz CT molecular complexity index is 1870. The lowest BCUT2D eigenvalue weighted by atomic mass is 9.67. The van der Waals surface area contributed by atoms with E-state index < -0.39 is 0 Å². The number of fused-ring (bicyclic) bond motifs is 4. The second-order valence-corrected chi connectivity index (χ2v) is 12.7. The van der Waals surface area contributed by atoms with Crippen LogP contribution in [0.5, 0.6) is 0 Å². The van der Waals surface area contributed by atoms with Gasteiger partial charge in [0, 0.05) is 40.6 Å². The normalized spacial score (nSPS) is 17.8. The van der Waals surface area contributed by atoms with Gasteiger partial charge in [0.25, 0.3) is 0 Å². The Morgan fingerprint density at radius 3 is 2.51 bits per heavy atom. The number of carbonyl (C=O) groups is 1. The molecule has 6 heteroatoms. The Morgan fingerprint density at radius 2 is 1.71 bits per heavy atom. The van der Waals surface area contributed by atoms with Gasteiger partial charge >= 0.3 is 0 Å². The van der Waals surface area contributed by atoms with E-state index >= 15 is 0 Å². The highest BCUT2D eigenvalue weighted by atomic mass is 35.5. The van der Waals surface area contributed by atoms with E-state index in [0.29, 0.717) is 23.0 Å². The zero-order valence-electron chi connectivity index (χ0n) is 22.9. The van der Waals surface area contributed by atoms with Crippen molar-refractivity contribution >= 4 is 51.0 Å². The predicted molar refractivity (Wildman–Crippen MR) is 168 cm³/mol. The molecule has 2 heterocycles. The molecule has 41 heavy (non-hydrogen) atoms. The van der Waals surface area contributed by atoms with Crippen LogP contribution in [0.25, 0.3) is 27.6 Å². The minimum atomic E-state index is -0.319. The van der Waals surface area contributed by atoms with Gasteiger partial charge < -0.3 is 5.32 Å². The summed E-state index contributed by atoms with van der Waals surface area (Å²) in [7, 11) is 0. The first-order chi connectivity index (χ1) is 19.8. The molecule has 4 aromatic carbocycles. The van der Waals surface area contributed by atoms with Gasteiger partial charge in [-0.3, -0.25) is 9.48 Å². The third kappa shape index (κ3) is 4.65. The van der Waals surface area contributed by atoms with Gasteiger partial charge in [0.1, 0.15) is 0 Å². The maximum Gasteiger partial charge on any atom is 0.162 e. The van der Waals surface area contributed by atoms with Crippen molar-refractivity contribution < 1.29 is 4.79 Å². The average Bonchev–Trinajstić information content (AvgIpc) is 3.37. The fraction of sp³-hybridized carbons (Fsp3) is 0.200. The van der Waals surface area contributed by atoms with Crippen molar-refractivity contribution in [2.24, 2.45) is 5.41 Å². The van der Waals surface area contributed by atoms with Gasteiger partial charge in [-0.05, 0) is 51.9 Å². The average molecular weight is 579 g/mol. The number of rotatable bonds is 4. The number of anilines is 1. The lowest BCUT2D eigenvalue weighted by molar-refractivity contribution is -0.118. The molecule has 0 saturated heterocycles. The van der Waals surface area contributed by atoms with Crippen LogP contribution in [0.1, 0.15) is 49.4 Å². The summed E-state index contributed by atoms with van der Waals surface area (Å²) in [5.74, 6) is 0.198. The molecule has 1 atom stereocenters. The molecule has 0 radical (unpaired) electrons. The fourth-order valence-corrected chi connectivity index (χ4v) is 6.77. The third-order valence-corrected chi connectivity index (χ3v) is 8.96. The van der Waals surface area contributed by atoms with E-state index in [9.17, 15) is 4.79 Å². The lowest BCUT2D eigenvalue weighted by Crippen LogP contribution is -2.33. The second-order valence-electron chi connectivity index (χ2n) is 11.9. The van der Waals surface area contributed by atoms with Crippen molar-refractivity contribution in [3.63, 3.8) is 0 Å². The van der Waals surface area contributed by atoms with E-state index in [4.69, 9.17) is 28.3 Å². The maximum atomic E-state index is 14.0. The molecule has 0 saturated carbocycles. The second kappa shape index (κ2) is 9.90. The van der Waals surface area contributed by atoms with Gasteiger partial charge in [0.2, 0.25) is 0 Å². The Kier molecular flexibility index (Phi) is 6.29. The van der Waals surface area contributed by atoms with Crippen molar-refractivity contribution in [2.75, 3.05) is 5.32 Å². The molecular weight excluding hydrogens is 549 g/mol. The number of nitrogens with one attached hydrogen (secondary N) is 1. The van der Waals surface area contributed by atoms with Crippen LogP contribution >= 0.6 is 23.2 Å². The Balaban J connectivity index is 1.42. The highest BCUT2D eigenvalue weighted by Gasteiger charge is 2.42. The number of ketones is 1.